The summed E-state index contributed by atoms with van der Waals surface area (Å²) in [5.74, 6) is -0.237. The van der Waals surface area contributed by atoms with Crippen molar-refractivity contribution in [1.82, 2.24) is 4.98 Å². The van der Waals surface area contributed by atoms with Crippen molar-refractivity contribution in [2.24, 2.45) is 0 Å². The minimum absolute atomic E-state index is 0.237. The molecule has 1 N–H and O–H groups in total. The first-order valence-corrected chi connectivity index (χ1v) is 6.90. The lowest BCUT2D eigenvalue weighted by Gasteiger charge is -2.05. The number of aryl methyl sites for hydroxylation is 1. The van der Waals surface area contributed by atoms with Crippen LogP contribution in [0.25, 0.3) is 10.2 Å². The van der Waals surface area contributed by atoms with Crippen LogP contribution in [0.5, 0.6) is 0 Å². The molecule has 0 aliphatic rings. The Kier molecular flexibility index (Phi) is 3.12. The molecule has 3 aromatic rings. The summed E-state index contributed by atoms with van der Waals surface area (Å²) >= 11 is 7.47. The van der Waals surface area contributed by atoms with E-state index in [1.165, 1.54) is 23.5 Å². The zero-order valence-corrected chi connectivity index (χ0v) is 11.6. The van der Waals surface area contributed by atoms with Crippen LogP contribution >= 0.6 is 22.9 Å². The summed E-state index contributed by atoms with van der Waals surface area (Å²) < 4.78 is 14.1. The standard InChI is InChI=1S/C14H10ClFN2S/c1-8-6-10(16)3-4-11(8)17-14-18-12-7-9(15)2-5-13(12)19-14/h2-7H,1H3,(H,17,18). The second kappa shape index (κ2) is 4.79. The van der Waals surface area contributed by atoms with Gasteiger partial charge in [0.15, 0.2) is 5.13 Å². The third kappa shape index (κ3) is 2.55. The Morgan fingerprint density at radius 3 is 2.84 bits per heavy atom. The summed E-state index contributed by atoms with van der Waals surface area (Å²) in [7, 11) is 0. The minimum atomic E-state index is -0.237. The van der Waals surface area contributed by atoms with E-state index < -0.39 is 0 Å². The monoisotopic (exact) mass is 292 g/mol. The molecule has 0 fully saturated rings. The molecule has 2 nitrogen and oxygen atoms in total. The van der Waals surface area contributed by atoms with Gasteiger partial charge >= 0.3 is 0 Å². The summed E-state index contributed by atoms with van der Waals surface area (Å²) in [5, 5.41) is 4.65. The van der Waals surface area contributed by atoms with Gasteiger partial charge in [0.25, 0.3) is 0 Å². The summed E-state index contributed by atoms with van der Waals surface area (Å²) in [6.07, 6.45) is 0. The fourth-order valence-electron chi connectivity index (χ4n) is 1.84. The van der Waals surface area contributed by atoms with Gasteiger partial charge in [-0.15, -0.1) is 0 Å². The topological polar surface area (TPSA) is 24.9 Å². The van der Waals surface area contributed by atoms with Gasteiger partial charge in [-0.2, -0.15) is 0 Å². The Bertz CT molecular complexity index is 754. The lowest BCUT2D eigenvalue weighted by atomic mass is 10.2. The van der Waals surface area contributed by atoms with E-state index >= 15 is 0 Å². The molecule has 3 rings (SSSR count). The van der Waals surface area contributed by atoms with Gasteiger partial charge in [-0.3, -0.25) is 0 Å². The van der Waals surface area contributed by atoms with E-state index in [9.17, 15) is 4.39 Å². The Balaban J connectivity index is 1.96. The van der Waals surface area contributed by atoms with E-state index in [-0.39, 0.29) is 5.82 Å². The van der Waals surface area contributed by atoms with E-state index in [1.807, 2.05) is 25.1 Å². The molecule has 5 heteroatoms. The second-order valence-corrected chi connectivity index (χ2v) is 5.68. The zero-order chi connectivity index (χ0) is 13.4. The number of thiazole rings is 1. The first-order valence-electron chi connectivity index (χ1n) is 5.71. The van der Waals surface area contributed by atoms with Gasteiger partial charge in [0.1, 0.15) is 5.82 Å². The summed E-state index contributed by atoms with van der Waals surface area (Å²) in [6, 6.07) is 10.2. The smallest absolute Gasteiger partial charge is 0.188 e. The average molecular weight is 293 g/mol. The maximum Gasteiger partial charge on any atom is 0.188 e. The molecule has 0 saturated carbocycles. The van der Waals surface area contributed by atoms with E-state index in [0.717, 1.165) is 26.6 Å². The molecule has 1 aromatic heterocycles. The number of hydrogen-bond donors (Lipinski definition) is 1. The van der Waals surface area contributed by atoms with Gasteiger partial charge in [-0.25, -0.2) is 9.37 Å². The number of fused-ring (bicyclic) bond motifs is 1. The molecule has 2 aromatic carbocycles. The molecule has 0 amide bonds. The van der Waals surface area contributed by atoms with E-state index in [1.54, 1.807) is 6.07 Å². The van der Waals surface area contributed by atoms with Gasteiger partial charge in [0.05, 0.1) is 10.2 Å². The quantitative estimate of drug-likeness (QED) is 0.707. The number of anilines is 2. The van der Waals surface area contributed by atoms with Crippen LogP contribution < -0.4 is 5.32 Å². The van der Waals surface area contributed by atoms with Crippen LogP contribution in [0.4, 0.5) is 15.2 Å². The highest BCUT2D eigenvalue weighted by Gasteiger charge is 2.06. The zero-order valence-electron chi connectivity index (χ0n) is 10.1. The molecule has 0 radical (unpaired) electrons. The number of hydrogen-bond acceptors (Lipinski definition) is 3. The highest BCUT2D eigenvalue weighted by molar-refractivity contribution is 7.22. The maximum atomic E-state index is 13.0. The highest BCUT2D eigenvalue weighted by Crippen LogP contribution is 2.30. The van der Waals surface area contributed by atoms with E-state index in [2.05, 4.69) is 10.3 Å². The molecule has 0 unspecified atom stereocenters. The van der Waals surface area contributed by atoms with Crippen LogP contribution in [-0.2, 0) is 0 Å². The summed E-state index contributed by atoms with van der Waals surface area (Å²) in [5.41, 5.74) is 2.56. The largest absolute Gasteiger partial charge is 0.331 e. The molecule has 0 atom stereocenters. The average Bonchev–Trinajstić information content (AvgIpc) is 2.74. The lowest BCUT2D eigenvalue weighted by molar-refractivity contribution is 0.627. The number of rotatable bonds is 2. The summed E-state index contributed by atoms with van der Waals surface area (Å²) in [4.78, 5) is 4.46. The van der Waals surface area contributed by atoms with Crippen molar-refractivity contribution < 1.29 is 4.39 Å². The van der Waals surface area contributed by atoms with Crippen LogP contribution in [0.15, 0.2) is 36.4 Å². The SMILES string of the molecule is Cc1cc(F)ccc1Nc1nc2cc(Cl)ccc2s1. The Morgan fingerprint density at radius 2 is 2.05 bits per heavy atom. The fraction of sp³-hybridized carbons (Fsp3) is 0.0714. The van der Waals surface area contributed by atoms with E-state index in [4.69, 9.17) is 11.6 Å². The van der Waals surface area contributed by atoms with Gasteiger partial charge in [0.2, 0.25) is 0 Å². The van der Waals surface area contributed by atoms with Gasteiger partial charge in [0, 0.05) is 10.7 Å². The minimum Gasteiger partial charge on any atom is -0.331 e. The van der Waals surface area contributed by atoms with E-state index in [0.29, 0.717) is 5.02 Å². The van der Waals surface area contributed by atoms with Crippen LogP contribution in [0.3, 0.4) is 0 Å². The van der Waals surface area contributed by atoms with Crippen molar-refractivity contribution in [2.75, 3.05) is 5.32 Å². The Labute approximate surface area is 118 Å². The third-order valence-electron chi connectivity index (χ3n) is 2.78. The molecular formula is C14H10ClFN2S. The van der Waals surface area contributed by atoms with Gasteiger partial charge < -0.3 is 5.32 Å². The Morgan fingerprint density at radius 1 is 1.21 bits per heavy atom. The van der Waals surface area contributed by atoms with Crippen LogP contribution in [0.1, 0.15) is 5.56 Å². The Hall–Kier alpha value is -1.65. The molecule has 0 saturated heterocycles. The number of halogens is 2. The molecule has 0 aliphatic heterocycles. The normalized spacial score (nSPS) is 10.9. The van der Waals surface area contributed by atoms with Crippen molar-refractivity contribution in [3.63, 3.8) is 0 Å². The molecule has 1 heterocycles. The molecule has 0 aliphatic carbocycles. The summed E-state index contributed by atoms with van der Waals surface area (Å²) in [6.45, 7) is 1.86. The first kappa shape index (κ1) is 12.4. The molecule has 19 heavy (non-hydrogen) atoms. The van der Waals surface area contributed by atoms with Crippen molar-refractivity contribution >= 4 is 44.0 Å². The molecule has 96 valence electrons. The number of aromatic nitrogens is 1. The van der Waals surface area contributed by atoms with Crippen molar-refractivity contribution in [1.29, 1.82) is 0 Å². The fourth-order valence-corrected chi connectivity index (χ4v) is 2.86. The molecule has 0 spiro atoms. The highest BCUT2D eigenvalue weighted by atomic mass is 35.5. The van der Waals surface area contributed by atoms with Crippen molar-refractivity contribution in [3.8, 4) is 0 Å². The maximum absolute atomic E-state index is 13.0. The molecule has 0 bridgehead atoms. The van der Waals surface area contributed by atoms with Gasteiger partial charge in [-0.05, 0) is 48.9 Å². The van der Waals surface area contributed by atoms with Gasteiger partial charge in [-0.1, -0.05) is 22.9 Å². The number of nitrogens with one attached hydrogen (secondary N) is 1. The van der Waals surface area contributed by atoms with Crippen LogP contribution in [0, 0.1) is 12.7 Å². The van der Waals surface area contributed by atoms with Crippen LogP contribution in [-0.4, -0.2) is 4.98 Å². The number of nitrogens with zero attached hydrogens (tertiary/aromatic N) is 1. The molecular weight excluding hydrogens is 283 g/mol. The third-order valence-corrected chi connectivity index (χ3v) is 3.97. The lowest BCUT2D eigenvalue weighted by Crippen LogP contribution is -1.92. The number of benzene rings is 2. The second-order valence-electron chi connectivity index (χ2n) is 4.22. The van der Waals surface area contributed by atoms with Crippen LogP contribution in [0.2, 0.25) is 5.02 Å². The van der Waals surface area contributed by atoms with Crippen molar-refractivity contribution in [2.45, 2.75) is 6.92 Å². The predicted molar refractivity (Wildman–Crippen MR) is 79.0 cm³/mol. The predicted octanol–water partition coefficient (Wildman–Crippen LogP) is 5.14. The first-order chi connectivity index (χ1) is 9.11. The van der Waals surface area contributed by atoms with Crippen molar-refractivity contribution in [3.05, 3.63) is 52.8 Å².